The molecule has 6 aromatic rings. The van der Waals surface area contributed by atoms with Gasteiger partial charge in [-0.2, -0.15) is 10.5 Å². The van der Waals surface area contributed by atoms with Crippen molar-refractivity contribution in [1.82, 2.24) is 24.4 Å². The molecule has 0 radical (unpaired) electrons. The summed E-state index contributed by atoms with van der Waals surface area (Å²) >= 11 is 12.6. The average molecular weight is 866 g/mol. The first-order valence-corrected chi connectivity index (χ1v) is 19.1. The number of amides is 1. The molecule has 0 saturated carbocycles. The lowest BCUT2D eigenvalue weighted by atomic mass is 9.84. The van der Waals surface area contributed by atoms with E-state index in [4.69, 9.17) is 39.3 Å². The molecular formula is C43H42Cl2F4N8O3. The van der Waals surface area contributed by atoms with Gasteiger partial charge in [-0.1, -0.05) is 47.5 Å². The van der Waals surface area contributed by atoms with Gasteiger partial charge in [-0.3, -0.25) is 9.59 Å². The summed E-state index contributed by atoms with van der Waals surface area (Å²) in [7, 11) is 0. The highest BCUT2D eigenvalue weighted by atomic mass is 35.5. The van der Waals surface area contributed by atoms with Gasteiger partial charge in [-0.15, -0.1) is 0 Å². The molecule has 6 rings (SSSR count). The summed E-state index contributed by atoms with van der Waals surface area (Å²) in [6.45, 7) is 12.1. The lowest BCUT2D eigenvalue weighted by molar-refractivity contribution is -0.137. The molecule has 60 heavy (non-hydrogen) atoms. The maximum Gasteiger partial charge on any atom is 0.323 e. The van der Waals surface area contributed by atoms with Crippen LogP contribution in [0.25, 0.3) is 22.1 Å². The van der Waals surface area contributed by atoms with Gasteiger partial charge >= 0.3 is 5.97 Å². The number of fused-ring (bicyclic) bond motifs is 2. The smallest absolute Gasteiger partial charge is 0.323 e. The number of hydrogen-bond donors (Lipinski definition) is 3. The van der Waals surface area contributed by atoms with Crippen molar-refractivity contribution in [3.05, 3.63) is 128 Å². The normalized spacial score (nSPS) is 12.3. The molecule has 17 heteroatoms. The number of aliphatic carboxylic acids is 1. The molecule has 4 aromatic carbocycles. The highest BCUT2D eigenvalue weighted by Crippen LogP contribution is 2.35. The molecule has 2 unspecified atom stereocenters. The number of aromatic nitrogens is 4. The Morgan fingerprint density at radius 1 is 0.817 bits per heavy atom. The highest BCUT2D eigenvalue weighted by molar-refractivity contribution is 6.32. The van der Waals surface area contributed by atoms with Crippen LogP contribution in [0.4, 0.5) is 17.6 Å². The fraction of sp³-hybridized carbons (Fsp3) is 0.302. The summed E-state index contributed by atoms with van der Waals surface area (Å²) in [5.41, 5.74) is 8.89. The number of nitrogens with one attached hydrogen (secondary N) is 1. The molecule has 4 N–H and O–H groups in total. The van der Waals surface area contributed by atoms with E-state index < -0.39 is 46.6 Å². The Bertz CT molecular complexity index is 2660. The van der Waals surface area contributed by atoms with Crippen LogP contribution in [-0.4, -0.2) is 36.1 Å². The summed E-state index contributed by atoms with van der Waals surface area (Å²) in [5, 5.41) is 30.9. The van der Waals surface area contributed by atoms with Crippen LogP contribution in [0.3, 0.4) is 0 Å². The predicted octanol–water partition coefficient (Wildman–Crippen LogP) is 9.51. The summed E-state index contributed by atoms with van der Waals surface area (Å²) in [6, 6.07) is 17.9. The first kappa shape index (κ1) is 46.7. The second kappa shape index (κ2) is 18.9. The van der Waals surface area contributed by atoms with E-state index in [0.29, 0.717) is 15.6 Å². The molecule has 0 spiro atoms. The topological polar surface area (TPSA) is 176 Å². The van der Waals surface area contributed by atoms with Crippen molar-refractivity contribution in [3.63, 3.8) is 0 Å². The number of carbonyl (C=O) groups excluding carboxylic acids is 1. The Morgan fingerprint density at radius 2 is 1.30 bits per heavy atom. The van der Waals surface area contributed by atoms with Crippen LogP contribution in [0.5, 0.6) is 0 Å². The SMILES string of the molecule is CC(N)c1ccc(C(C)(C)C#N)c(Cl)c1.Cc1c(C(C)NC(=O)Cn2cnc3ccc(F)c(F)c32)ccc(C(C)(C)C#N)c1Cl.O=C(O)Cn1cnc2ccc(F)c(F)c21. The maximum absolute atomic E-state index is 14.1. The zero-order valence-corrected chi connectivity index (χ0v) is 35.2. The minimum absolute atomic E-state index is 0.0400. The fourth-order valence-corrected chi connectivity index (χ4v) is 7.03. The third-order valence-corrected chi connectivity index (χ3v) is 10.5. The predicted molar refractivity (Wildman–Crippen MR) is 221 cm³/mol. The Labute approximate surface area is 354 Å². The van der Waals surface area contributed by atoms with Crippen molar-refractivity contribution in [2.24, 2.45) is 5.73 Å². The van der Waals surface area contributed by atoms with E-state index in [1.165, 1.54) is 29.4 Å². The van der Waals surface area contributed by atoms with Crippen molar-refractivity contribution < 1.29 is 32.3 Å². The molecule has 2 atom stereocenters. The van der Waals surface area contributed by atoms with Crippen LogP contribution < -0.4 is 11.1 Å². The zero-order chi connectivity index (χ0) is 44.9. The van der Waals surface area contributed by atoms with Crippen LogP contribution in [0, 0.1) is 52.9 Å². The molecule has 11 nitrogen and oxygen atoms in total. The largest absolute Gasteiger partial charge is 0.480 e. The number of rotatable bonds is 9. The molecule has 0 fully saturated rings. The number of imidazole rings is 2. The lowest BCUT2D eigenvalue weighted by Gasteiger charge is -2.23. The van der Waals surface area contributed by atoms with E-state index in [-0.39, 0.29) is 46.6 Å². The van der Waals surface area contributed by atoms with Crippen molar-refractivity contribution in [1.29, 1.82) is 10.5 Å². The second-order valence-corrected chi connectivity index (χ2v) is 15.8. The Morgan fingerprint density at radius 3 is 1.77 bits per heavy atom. The van der Waals surface area contributed by atoms with Gasteiger partial charge < -0.3 is 25.3 Å². The van der Waals surface area contributed by atoms with Gasteiger partial charge in [0.15, 0.2) is 23.3 Å². The quantitative estimate of drug-likeness (QED) is 0.120. The minimum Gasteiger partial charge on any atom is -0.480 e. The van der Waals surface area contributed by atoms with E-state index in [1.807, 2.05) is 52.0 Å². The Hall–Kier alpha value is -6.00. The summed E-state index contributed by atoms with van der Waals surface area (Å²) in [4.78, 5) is 30.8. The van der Waals surface area contributed by atoms with E-state index in [2.05, 4.69) is 27.4 Å². The Kier molecular flexibility index (Phi) is 14.7. The molecule has 0 aliphatic heterocycles. The summed E-state index contributed by atoms with van der Waals surface area (Å²) < 4.78 is 56.2. The lowest BCUT2D eigenvalue weighted by Crippen LogP contribution is -2.30. The average Bonchev–Trinajstić information content (AvgIpc) is 3.79. The minimum atomic E-state index is -1.14. The molecule has 2 aromatic heterocycles. The van der Waals surface area contributed by atoms with Gasteiger partial charge in [0, 0.05) is 16.1 Å². The highest BCUT2D eigenvalue weighted by Gasteiger charge is 2.26. The molecule has 0 aliphatic rings. The number of carboxylic acid groups (broad SMARTS) is 1. The van der Waals surface area contributed by atoms with E-state index in [0.717, 1.165) is 39.0 Å². The number of nitriles is 2. The number of nitrogens with zero attached hydrogens (tertiary/aromatic N) is 6. The number of halogens is 6. The van der Waals surface area contributed by atoms with E-state index in [9.17, 15) is 32.4 Å². The van der Waals surface area contributed by atoms with Crippen LogP contribution in [0.15, 0.2) is 67.3 Å². The van der Waals surface area contributed by atoms with Gasteiger partial charge in [-0.05, 0) is 107 Å². The number of nitrogens with two attached hydrogens (primary N) is 1. The van der Waals surface area contributed by atoms with Crippen LogP contribution >= 0.6 is 23.2 Å². The van der Waals surface area contributed by atoms with Crippen LogP contribution in [0.1, 0.15) is 81.4 Å². The molecule has 1 amide bonds. The number of benzene rings is 4. The van der Waals surface area contributed by atoms with Gasteiger partial charge in [0.25, 0.3) is 0 Å². The molecule has 0 bridgehead atoms. The van der Waals surface area contributed by atoms with Gasteiger partial charge in [0.05, 0.1) is 52.7 Å². The number of carbonyl (C=O) groups is 2. The molecule has 2 heterocycles. The van der Waals surface area contributed by atoms with Crippen molar-refractivity contribution in [2.45, 2.75) is 84.5 Å². The van der Waals surface area contributed by atoms with E-state index in [1.54, 1.807) is 26.8 Å². The molecule has 0 aliphatic carbocycles. The first-order chi connectivity index (χ1) is 28.0. The number of hydrogen-bond acceptors (Lipinski definition) is 7. The van der Waals surface area contributed by atoms with Crippen LogP contribution in [-0.2, 0) is 33.5 Å². The standard InChI is InChI=1S/C22H21ClF2N4O.C12H15ClN2.C9H6F2N2O2/c1-12-14(5-6-15(19(12)23)22(3,4)10-26)13(2)28-18(30)9-29-11-27-17-8-7-16(24)20(25)21(17)29;1-8(15)9-4-5-10(11(13)6-9)12(2,3)7-14;10-5-1-2-6-9(8(5)11)13(4-12-6)3-7(14)15/h5-8,11,13H,9H2,1-4H3,(H,28,30);4-6,8H,15H2,1-3H3;1-2,4H,3H2,(H,14,15). The van der Waals surface area contributed by atoms with E-state index >= 15 is 0 Å². The third kappa shape index (κ3) is 10.4. The number of carboxylic acids is 1. The fourth-order valence-electron chi connectivity index (χ4n) is 6.19. The van der Waals surface area contributed by atoms with Gasteiger partial charge in [0.1, 0.15) is 24.1 Å². The van der Waals surface area contributed by atoms with Gasteiger partial charge in [-0.25, -0.2) is 27.5 Å². The summed E-state index contributed by atoms with van der Waals surface area (Å²) in [6.07, 6.45) is 2.47. The zero-order valence-electron chi connectivity index (χ0n) is 33.7. The molecule has 0 saturated heterocycles. The maximum atomic E-state index is 14.1. The Balaban J connectivity index is 0.000000221. The summed E-state index contributed by atoms with van der Waals surface area (Å²) in [5.74, 6) is -5.66. The molecular weight excluding hydrogens is 823 g/mol. The van der Waals surface area contributed by atoms with Crippen LogP contribution in [0.2, 0.25) is 10.0 Å². The van der Waals surface area contributed by atoms with Crippen molar-refractivity contribution in [3.8, 4) is 12.1 Å². The van der Waals surface area contributed by atoms with Crippen molar-refractivity contribution in [2.75, 3.05) is 0 Å². The van der Waals surface area contributed by atoms with Crippen molar-refractivity contribution >= 4 is 57.1 Å². The third-order valence-electron chi connectivity index (χ3n) is 9.66. The monoisotopic (exact) mass is 864 g/mol. The molecule has 314 valence electrons. The van der Waals surface area contributed by atoms with Gasteiger partial charge in [0.2, 0.25) is 5.91 Å². The first-order valence-electron chi connectivity index (χ1n) is 18.3. The second-order valence-electron chi connectivity index (χ2n) is 15.0.